The summed E-state index contributed by atoms with van der Waals surface area (Å²) in [6.45, 7) is 2.06. The van der Waals surface area contributed by atoms with Gasteiger partial charge in [-0.25, -0.2) is 4.79 Å². The van der Waals surface area contributed by atoms with Crippen molar-refractivity contribution in [2.24, 2.45) is 0 Å². The summed E-state index contributed by atoms with van der Waals surface area (Å²) in [5.41, 5.74) is 2.91. The van der Waals surface area contributed by atoms with Crippen molar-refractivity contribution >= 4 is 29.3 Å². The largest absolute Gasteiger partial charge is 0.465 e. The molecule has 1 aliphatic heterocycles. The molecule has 3 heterocycles. The third-order valence-corrected chi connectivity index (χ3v) is 5.78. The fourth-order valence-electron chi connectivity index (χ4n) is 4.01. The van der Waals surface area contributed by atoms with Crippen molar-refractivity contribution in [2.75, 3.05) is 20.3 Å². The van der Waals surface area contributed by atoms with E-state index in [4.69, 9.17) is 21.7 Å². The SMILES string of the molecule is CCOC(=O)CN1C(=S)N[C@H](c2ccccn2)[C@@H]1c1cccn1-c1cccc(C(=O)OC)c1. The van der Waals surface area contributed by atoms with Crippen molar-refractivity contribution in [1.82, 2.24) is 19.8 Å². The topological polar surface area (TPSA) is 85.7 Å². The van der Waals surface area contributed by atoms with E-state index in [1.165, 1.54) is 7.11 Å². The van der Waals surface area contributed by atoms with Crippen LogP contribution in [-0.2, 0) is 14.3 Å². The number of nitrogens with one attached hydrogen (secondary N) is 1. The number of esters is 2. The minimum absolute atomic E-state index is 0.00105. The number of thiocarbonyl (C=S) groups is 1. The molecule has 8 nitrogen and oxygen atoms in total. The molecule has 170 valence electrons. The molecule has 1 aromatic carbocycles. The molecule has 0 saturated carbocycles. The van der Waals surface area contributed by atoms with Crippen molar-refractivity contribution < 1.29 is 19.1 Å². The van der Waals surface area contributed by atoms with Crippen LogP contribution in [0.3, 0.4) is 0 Å². The van der Waals surface area contributed by atoms with E-state index in [0.717, 1.165) is 17.1 Å². The summed E-state index contributed by atoms with van der Waals surface area (Å²) in [6.07, 6.45) is 3.63. The smallest absolute Gasteiger partial charge is 0.337 e. The number of carbonyl (C=O) groups is 2. The van der Waals surface area contributed by atoms with Crippen molar-refractivity contribution in [1.29, 1.82) is 0 Å². The number of methoxy groups -OCH3 is 1. The van der Waals surface area contributed by atoms with Gasteiger partial charge >= 0.3 is 11.9 Å². The molecule has 33 heavy (non-hydrogen) atoms. The average Bonchev–Trinajstić information content (AvgIpc) is 3.44. The highest BCUT2D eigenvalue weighted by Crippen LogP contribution is 2.39. The zero-order chi connectivity index (χ0) is 23.4. The Morgan fingerprint density at radius 3 is 2.73 bits per heavy atom. The highest BCUT2D eigenvalue weighted by atomic mass is 32.1. The number of hydrogen-bond acceptors (Lipinski definition) is 6. The third-order valence-electron chi connectivity index (χ3n) is 5.43. The van der Waals surface area contributed by atoms with Gasteiger partial charge in [-0.15, -0.1) is 0 Å². The lowest BCUT2D eigenvalue weighted by molar-refractivity contribution is -0.143. The highest BCUT2D eigenvalue weighted by Gasteiger charge is 2.42. The van der Waals surface area contributed by atoms with Crippen LogP contribution in [0.2, 0.25) is 0 Å². The lowest BCUT2D eigenvalue weighted by atomic mass is 10.0. The molecule has 0 amide bonds. The summed E-state index contributed by atoms with van der Waals surface area (Å²) in [5.74, 6) is -0.774. The summed E-state index contributed by atoms with van der Waals surface area (Å²) < 4.78 is 12.0. The first-order valence-electron chi connectivity index (χ1n) is 10.5. The molecule has 1 aliphatic rings. The maximum Gasteiger partial charge on any atom is 0.337 e. The number of benzene rings is 1. The minimum Gasteiger partial charge on any atom is -0.465 e. The Hall–Kier alpha value is -3.72. The molecule has 0 bridgehead atoms. The lowest BCUT2D eigenvalue weighted by Gasteiger charge is -2.28. The van der Waals surface area contributed by atoms with Crippen molar-refractivity contribution in [3.63, 3.8) is 0 Å². The second-order valence-electron chi connectivity index (χ2n) is 7.40. The molecule has 1 saturated heterocycles. The number of pyridine rings is 1. The summed E-state index contributed by atoms with van der Waals surface area (Å²) in [4.78, 5) is 30.8. The van der Waals surface area contributed by atoms with Crippen LogP contribution in [0.15, 0.2) is 67.0 Å². The van der Waals surface area contributed by atoms with E-state index in [1.54, 1.807) is 31.3 Å². The number of aromatic nitrogens is 2. The maximum atomic E-state index is 12.4. The van der Waals surface area contributed by atoms with Crippen LogP contribution in [0.4, 0.5) is 0 Å². The Morgan fingerprint density at radius 1 is 1.15 bits per heavy atom. The predicted octanol–water partition coefficient (Wildman–Crippen LogP) is 3.19. The first-order chi connectivity index (χ1) is 16.0. The highest BCUT2D eigenvalue weighted by molar-refractivity contribution is 7.80. The van der Waals surface area contributed by atoms with E-state index in [2.05, 4.69) is 10.3 Å². The second-order valence-corrected chi connectivity index (χ2v) is 7.79. The maximum absolute atomic E-state index is 12.4. The first kappa shape index (κ1) is 22.5. The fraction of sp³-hybridized carbons (Fsp3) is 0.250. The zero-order valence-corrected chi connectivity index (χ0v) is 19.1. The van der Waals surface area contributed by atoms with Crippen LogP contribution < -0.4 is 5.32 Å². The molecule has 0 spiro atoms. The van der Waals surface area contributed by atoms with Crippen molar-refractivity contribution in [3.05, 3.63) is 83.9 Å². The Balaban J connectivity index is 1.78. The molecular formula is C24H24N4O4S. The van der Waals surface area contributed by atoms with Crippen LogP contribution in [0.5, 0.6) is 0 Å². The number of nitrogens with zero attached hydrogens (tertiary/aromatic N) is 3. The van der Waals surface area contributed by atoms with Gasteiger partial charge in [0.15, 0.2) is 5.11 Å². The van der Waals surface area contributed by atoms with E-state index >= 15 is 0 Å². The molecule has 3 aromatic rings. The summed E-state index contributed by atoms with van der Waals surface area (Å²) in [6, 6.07) is 16.1. The van der Waals surface area contributed by atoms with Gasteiger partial charge in [0.2, 0.25) is 0 Å². The quantitative estimate of drug-likeness (QED) is 0.422. The summed E-state index contributed by atoms with van der Waals surface area (Å²) in [5, 5.41) is 3.77. The van der Waals surface area contributed by atoms with E-state index in [0.29, 0.717) is 10.7 Å². The van der Waals surface area contributed by atoms with Gasteiger partial charge < -0.3 is 24.3 Å². The Labute approximate surface area is 197 Å². The molecular weight excluding hydrogens is 440 g/mol. The zero-order valence-electron chi connectivity index (χ0n) is 18.3. The van der Waals surface area contributed by atoms with Gasteiger partial charge in [0.05, 0.1) is 37.1 Å². The van der Waals surface area contributed by atoms with E-state index in [1.807, 2.05) is 52.1 Å². The molecule has 0 unspecified atom stereocenters. The van der Waals surface area contributed by atoms with Gasteiger partial charge in [0, 0.05) is 23.8 Å². The summed E-state index contributed by atoms with van der Waals surface area (Å²) in [7, 11) is 1.35. The monoisotopic (exact) mass is 464 g/mol. The number of carbonyl (C=O) groups excluding carboxylic acids is 2. The average molecular weight is 465 g/mol. The number of ether oxygens (including phenoxy) is 2. The Morgan fingerprint density at radius 2 is 2.00 bits per heavy atom. The lowest BCUT2D eigenvalue weighted by Crippen LogP contribution is -2.36. The van der Waals surface area contributed by atoms with Gasteiger partial charge in [0.1, 0.15) is 6.54 Å². The normalized spacial score (nSPS) is 17.5. The van der Waals surface area contributed by atoms with E-state index in [-0.39, 0.29) is 31.2 Å². The molecule has 0 radical (unpaired) electrons. The standard InChI is InChI=1S/C24H24N4O4S/c1-3-32-20(29)15-28-22(21(26-24(28)33)18-10-4-5-12-25-18)19-11-7-13-27(19)17-9-6-8-16(14-17)23(30)31-2/h4-14,21-22H,3,15H2,1-2H3,(H,26,33)/t21-,22+/m1/s1. The summed E-state index contributed by atoms with van der Waals surface area (Å²) >= 11 is 5.61. The molecule has 2 atom stereocenters. The van der Waals surface area contributed by atoms with Gasteiger partial charge in [-0.05, 0) is 61.6 Å². The third kappa shape index (κ3) is 4.58. The van der Waals surface area contributed by atoms with Crippen LogP contribution in [0, 0.1) is 0 Å². The number of rotatable bonds is 7. The van der Waals surface area contributed by atoms with Crippen molar-refractivity contribution in [3.8, 4) is 5.69 Å². The fourth-order valence-corrected chi connectivity index (χ4v) is 4.32. The van der Waals surface area contributed by atoms with E-state index < -0.39 is 5.97 Å². The molecule has 4 rings (SSSR count). The van der Waals surface area contributed by atoms with Crippen LogP contribution in [0.1, 0.15) is 40.8 Å². The number of hydrogen-bond donors (Lipinski definition) is 1. The van der Waals surface area contributed by atoms with Gasteiger partial charge in [-0.3, -0.25) is 9.78 Å². The second kappa shape index (κ2) is 9.83. The Kier molecular flexibility index (Phi) is 6.69. The Bertz CT molecular complexity index is 1160. The van der Waals surface area contributed by atoms with Crippen LogP contribution >= 0.6 is 12.2 Å². The first-order valence-corrected chi connectivity index (χ1v) is 10.9. The van der Waals surface area contributed by atoms with Gasteiger partial charge in [-0.1, -0.05) is 12.1 Å². The minimum atomic E-state index is -0.412. The van der Waals surface area contributed by atoms with Gasteiger partial charge in [-0.2, -0.15) is 0 Å². The molecule has 2 aromatic heterocycles. The van der Waals surface area contributed by atoms with Crippen LogP contribution in [-0.4, -0.2) is 51.8 Å². The van der Waals surface area contributed by atoms with E-state index in [9.17, 15) is 9.59 Å². The van der Waals surface area contributed by atoms with Crippen LogP contribution in [0.25, 0.3) is 5.69 Å². The molecule has 1 N–H and O–H groups in total. The predicted molar refractivity (Wildman–Crippen MR) is 126 cm³/mol. The molecule has 9 heteroatoms. The molecule has 0 aliphatic carbocycles. The molecule has 1 fully saturated rings. The van der Waals surface area contributed by atoms with Crippen molar-refractivity contribution in [2.45, 2.75) is 19.0 Å². The van der Waals surface area contributed by atoms with Gasteiger partial charge in [0.25, 0.3) is 0 Å².